The van der Waals surface area contributed by atoms with E-state index in [1.807, 2.05) is 56.3 Å². The number of carbonyl (C=O) groups excluding carboxylic acids is 2. The number of unbranched alkanes of at least 4 members (excludes halogenated alkanes) is 2. The molecule has 0 heterocycles. The average Bonchev–Trinajstić information content (AvgIpc) is 2.66. The van der Waals surface area contributed by atoms with E-state index < -0.39 is 0 Å². The maximum atomic E-state index is 12.2. The van der Waals surface area contributed by atoms with Crippen molar-refractivity contribution in [1.29, 1.82) is 0 Å². The van der Waals surface area contributed by atoms with Crippen molar-refractivity contribution in [2.45, 2.75) is 46.0 Å². The number of hydrogen-bond acceptors (Lipinski definition) is 3. The maximum Gasteiger partial charge on any atom is 0.224 e. The summed E-state index contributed by atoms with van der Waals surface area (Å²) in [6, 6.07) is 13.6. The lowest BCUT2D eigenvalue weighted by atomic mass is 10.1. The Labute approximate surface area is 167 Å². The molecule has 0 bridgehead atoms. The van der Waals surface area contributed by atoms with Crippen molar-refractivity contribution in [3.05, 3.63) is 59.2 Å². The Balaban J connectivity index is 1.66. The number of carbonyl (C=O) groups is 2. The van der Waals surface area contributed by atoms with E-state index in [-0.39, 0.29) is 11.8 Å². The minimum atomic E-state index is -0.00204. The van der Waals surface area contributed by atoms with Gasteiger partial charge in [0.1, 0.15) is 0 Å². The Hall–Kier alpha value is -2.95. The molecule has 5 heteroatoms. The van der Waals surface area contributed by atoms with Crippen LogP contribution in [0.1, 0.15) is 48.8 Å². The molecule has 2 rings (SSSR count). The molecule has 0 atom stereocenters. The number of anilines is 2. The molecule has 2 aromatic carbocycles. The first kappa shape index (κ1) is 21.4. The number of hydrogen-bond donors (Lipinski definition) is 2. The third-order valence-corrected chi connectivity index (χ3v) is 4.46. The van der Waals surface area contributed by atoms with E-state index in [1.165, 1.54) is 0 Å². The van der Waals surface area contributed by atoms with Crippen molar-refractivity contribution in [1.82, 2.24) is 0 Å². The molecule has 28 heavy (non-hydrogen) atoms. The highest BCUT2D eigenvalue weighted by Crippen LogP contribution is 2.17. The van der Waals surface area contributed by atoms with Crippen molar-refractivity contribution in [3.8, 4) is 0 Å². The van der Waals surface area contributed by atoms with E-state index in [2.05, 4.69) is 15.6 Å². The molecule has 0 aromatic heterocycles. The van der Waals surface area contributed by atoms with Gasteiger partial charge in [0.2, 0.25) is 11.8 Å². The average molecular weight is 380 g/mol. The first-order valence-electron chi connectivity index (χ1n) is 9.67. The summed E-state index contributed by atoms with van der Waals surface area (Å²) in [7, 11) is 1.72. The minimum Gasteiger partial charge on any atom is -0.326 e. The molecule has 2 amide bonds. The second-order valence-electron chi connectivity index (χ2n) is 6.98. The van der Waals surface area contributed by atoms with E-state index in [0.717, 1.165) is 47.3 Å². The van der Waals surface area contributed by atoms with Gasteiger partial charge >= 0.3 is 0 Å². The number of benzene rings is 2. The number of nitrogens with zero attached hydrogens (tertiary/aromatic N) is 1. The Morgan fingerprint density at radius 1 is 0.893 bits per heavy atom. The highest BCUT2D eigenvalue weighted by molar-refractivity contribution is 5.93. The van der Waals surface area contributed by atoms with Gasteiger partial charge < -0.3 is 10.6 Å². The smallest absolute Gasteiger partial charge is 0.224 e. The van der Waals surface area contributed by atoms with Gasteiger partial charge in [0, 0.05) is 37.5 Å². The molecule has 0 spiro atoms. The zero-order valence-corrected chi connectivity index (χ0v) is 16.9. The van der Waals surface area contributed by atoms with E-state index in [1.54, 1.807) is 13.3 Å². The van der Waals surface area contributed by atoms with Gasteiger partial charge in [0.05, 0.1) is 0 Å². The van der Waals surface area contributed by atoms with Crippen LogP contribution in [-0.2, 0) is 9.59 Å². The zero-order valence-electron chi connectivity index (χ0n) is 16.9. The normalized spacial score (nSPS) is 10.8. The number of amides is 2. The standard InChI is InChI=1S/C23H29N3O2/c1-17-9-13-20(14-10-17)25-22(27)7-5-4-6-8-23(28)26-21-15-19(16-24-3)12-11-18(21)2/h9-16H,4-8H2,1-3H3,(H,25,27)(H,26,28). The van der Waals surface area contributed by atoms with Crippen molar-refractivity contribution in [2.75, 3.05) is 17.7 Å². The Morgan fingerprint density at radius 2 is 1.54 bits per heavy atom. The predicted octanol–water partition coefficient (Wildman–Crippen LogP) is 4.88. The zero-order chi connectivity index (χ0) is 20.4. The summed E-state index contributed by atoms with van der Waals surface area (Å²) in [6.45, 7) is 3.98. The molecule has 0 aliphatic carbocycles. The van der Waals surface area contributed by atoms with Gasteiger partial charge in [-0.15, -0.1) is 0 Å². The van der Waals surface area contributed by atoms with Crippen LogP contribution in [0.4, 0.5) is 11.4 Å². The summed E-state index contributed by atoms with van der Waals surface area (Å²) in [6.07, 6.45) is 5.05. The fourth-order valence-electron chi connectivity index (χ4n) is 2.82. The fraction of sp³-hybridized carbons (Fsp3) is 0.348. The molecular weight excluding hydrogens is 350 g/mol. The highest BCUT2D eigenvalue weighted by atomic mass is 16.2. The van der Waals surface area contributed by atoms with Crippen LogP contribution < -0.4 is 10.6 Å². The molecule has 0 fully saturated rings. The highest BCUT2D eigenvalue weighted by Gasteiger charge is 2.07. The number of aryl methyl sites for hydroxylation is 2. The van der Waals surface area contributed by atoms with Gasteiger partial charge in [-0.2, -0.15) is 0 Å². The van der Waals surface area contributed by atoms with Crippen molar-refractivity contribution < 1.29 is 9.59 Å². The topological polar surface area (TPSA) is 70.6 Å². The summed E-state index contributed by atoms with van der Waals surface area (Å²) in [5, 5.41) is 5.86. The van der Waals surface area contributed by atoms with Crippen molar-refractivity contribution >= 4 is 29.4 Å². The Bertz CT molecular complexity index is 826. The molecule has 0 saturated carbocycles. The van der Waals surface area contributed by atoms with E-state index >= 15 is 0 Å². The molecule has 0 unspecified atom stereocenters. The molecule has 0 aliphatic heterocycles. The first-order chi connectivity index (χ1) is 13.5. The lowest BCUT2D eigenvalue weighted by Crippen LogP contribution is -2.13. The van der Waals surface area contributed by atoms with Crippen molar-refractivity contribution in [2.24, 2.45) is 4.99 Å². The molecular formula is C23H29N3O2. The quantitative estimate of drug-likeness (QED) is 0.481. The SMILES string of the molecule is CN=Cc1ccc(C)c(NC(=O)CCCCCC(=O)Nc2ccc(C)cc2)c1. The molecule has 148 valence electrons. The van der Waals surface area contributed by atoms with Crippen LogP contribution in [0.2, 0.25) is 0 Å². The summed E-state index contributed by atoms with van der Waals surface area (Å²) < 4.78 is 0. The third kappa shape index (κ3) is 7.35. The molecule has 2 aromatic rings. The lowest BCUT2D eigenvalue weighted by molar-refractivity contribution is -0.116. The van der Waals surface area contributed by atoms with Crippen LogP contribution in [0.3, 0.4) is 0 Å². The second kappa shape index (κ2) is 11.0. The molecule has 0 radical (unpaired) electrons. The van der Waals surface area contributed by atoms with Gasteiger partial charge in [-0.1, -0.05) is 36.2 Å². The summed E-state index contributed by atoms with van der Waals surface area (Å²) >= 11 is 0. The van der Waals surface area contributed by atoms with Crippen LogP contribution in [0.5, 0.6) is 0 Å². The van der Waals surface area contributed by atoms with Gasteiger partial charge in [-0.3, -0.25) is 14.6 Å². The van der Waals surface area contributed by atoms with Gasteiger partial charge in [0.25, 0.3) is 0 Å². The van der Waals surface area contributed by atoms with Crippen molar-refractivity contribution in [3.63, 3.8) is 0 Å². The van der Waals surface area contributed by atoms with Gasteiger partial charge in [-0.05, 0) is 56.0 Å². The molecule has 5 nitrogen and oxygen atoms in total. The Kier molecular flexibility index (Phi) is 8.40. The molecule has 0 aliphatic rings. The largest absolute Gasteiger partial charge is 0.326 e. The lowest BCUT2D eigenvalue weighted by Gasteiger charge is -2.09. The van der Waals surface area contributed by atoms with Crippen LogP contribution in [0.15, 0.2) is 47.5 Å². The number of aliphatic imine (C=N–C) groups is 1. The Morgan fingerprint density at radius 3 is 2.18 bits per heavy atom. The fourth-order valence-corrected chi connectivity index (χ4v) is 2.82. The first-order valence-corrected chi connectivity index (χ1v) is 9.67. The second-order valence-corrected chi connectivity index (χ2v) is 6.98. The van der Waals surface area contributed by atoms with E-state index in [0.29, 0.717) is 12.8 Å². The molecule has 0 saturated heterocycles. The van der Waals surface area contributed by atoms with Gasteiger partial charge in [0.15, 0.2) is 0 Å². The predicted molar refractivity (Wildman–Crippen MR) is 116 cm³/mol. The van der Waals surface area contributed by atoms with E-state index in [9.17, 15) is 9.59 Å². The number of rotatable bonds is 9. The minimum absolute atomic E-state index is 0.00204. The van der Waals surface area contributed by atoms with Gasteiger partial charge in [-0.25, -0.2) is 0 Å². The van der Waals surface area contributed by atoms with Crippen LogP contribution >= 0.6 is 0 Å². The monoisotopic (exact) mass is 379 g/mol. The summed E-state index contributed by atoms with van der Waals surface area (Å²) in [5.41, 5.74) is 4.79. The maximum absolute atomic E-state index is 12.2. The third-order valence-electron chi connectivity index (χ3n) is 4.46. The van der Waals surface area contributed by atoms with Crippen LogP contribution in [0, 0.1) is 13.8 Å². The van der Waals surface area contributed by atoms with Crippen LogP contribution in [-0.4, -0.2) is 25.1 Å². The summed E-state index contributed by atoms with van der Waals surface area (Å²) in [5.74, 6) is 0.0103. The van der Waals surface area contributed by atoms with E-state index in [4.69, 9.17) is 0 Å². The van der Waals surface area contributed by atoms with Crippen LogP contribution in [0.25, 0.3) is 0 Å². The molecule has 2 N–H and O–H groups in total. The summed E-state index contributed by atoms with van der Waals surface area (Å²) in [4.78, 5) is 28.1. The number of nitrogens with one attached hydrogen (secondary N) is 2.